The van der Waals surface area contributed by atoms with Gasteiger partial charge in [-0.1, -0.05) is 12.1 Å². The summed E-state index contributed by atoms with van der Waals surface area (Å²) >= 11 is 0. The molecule has 21 heavy (non-hydrogen) atoms. The number of aliphatic hydroxyl groups is 1. The van der Waals surface area contributed by atoms with E-state index in [-0.39, 0.29) is 11.4 Å². The van der Waals surface area contributed by atoms with Crippen LogP contribution in [0.1, 0.15) is 24.2 Å². The Hall–Kier alpha value is -1.70. The summed E-state index contributed by atoms with van der Waals surface area (Å²) in [7, 11) is -3.58. The first kappa shape index (κ1) is 15.7. The standard InChI is InChI=1S/C14H19N3O3S/c1-11-9-15-17(10-11)7-6-16-21(19,20)14-5-3-4-13(8-14)12(2)18/h3-5,8-10,12,16,18H,6-7H2,1-2H3. The molecule has 1 aromatic carbocycles. The van der Waals surface area contributed by atoms with Gasteiger partial charge in [0.2, 0.25) is 10.0 Å². The van der Waals surface area contributed by atoms with Crippen LogP contribution < -0.4 is 4.72 Å². The van der Waals surface area contributed by atoms with Gasteiger partial charge in [0.05, 0.1) is 23.7 Å². The number of nitrogens with one attached hydrogen (secondary N) is 1. The molecule has 2 rings (SSSR count). The maximum Gasteiger partial charge on any atom is 0.240 e. The summed E-state index contributed by atoms with van der Waals surface area (Å²) in [5.74, 6) is 0. The highest BCUT2D eigenvalue weighted by Gasteiger charge is 2.14. The Labute approximate surface area is 124 Å². The van der Waals surface area contributed by atoms with Crippen molar-refractivity contribution in [2.75, 3.05) is 6.54 Å². The molecule has 1 heterocycles. The van der Waals surface area contributed by atoms with Crippen molar-refractivity contribution in [3.63, 3.8) is 0 Å². The van der Waals surface area contributed by atoms with Crippen LogP contribution in [0.5, 0.6) is 0 Å². The predicted octanol–water partition coefficient (Wildman–Crippen LogP) is 1.22. The zero-order valence-electron chi connectivity index (χ0n) is 12.0. The van der Waals surface area contributed by atoms with Gasteiger partial charge in [0.15, 0.2) is 0 Å². The van der Waals surface area contributed by atoms with Gasteiger partial charge in [0.25, 0.3) is 0 Å². The second-order valence-corrected chi connectivity index (χ2v) is 6.69. The number of sulfonamides is 1. The molecule has 7 heteroatoms. The average molecular weight is 309 g/mol. The van der Waals surface area contributed by atoms with Crippen LogP contribution in [0.15, 0.2) is 41.6 Å². The normalized spacial score (nSPS) is 13.3. The van der Waals surface area contributed by atoms with Crippen molar-refractivity contribution >= 4 is 10.0 Å². The van der Waals surface area contributed by atoms with Crippen molar-refractivity contribution in [2.24, 2.45) is 0 Å². The van der Waals surface area contributed by atoms with Gasteiger partial charge in [-0.2, -0.15) is 5.10 Å². The molecule has 0 saturated carbocycles. The summed E-state index contributed by atoms with van der Waals surface area (Å²) in [6.45, 7) is 4.24. The molecule has 2 N–H and O–H groups in total. The van der Waals surface area contributed by atoms with Crippen LogP contribution in [-0.4, -0.2) is 29.8 Å². The third-order valence-electron chi connectivity index (χ3n) is 3.05. The molecule has 1 aromatic heterocycles. The summed E-state index contributed by atoms with van der Waals surface area (Å²) in [6.07, 6.45) is 2.87. The van der Waals surface area contributed by atoms with Crippen molar-refractivity contribution in [2.45, 2.75) is 31.4 Å². The third kappa shape index (κ3) is 4.13. The molecule has 1 unspecified atom stereocenters. The third-order valence-corrected chi connectivity index (χ3v) is 4.50. The summed E-state index contributed by atoms with van der Waals surface area (Å²) in [4.78, 5) is 0.151. The number of aryl methyl sites for hydroxylation is 1. The van der Waals surface area contributed by atoms with Crippen LogP contribution >= 0.6 is 0 Å². The molecule has 0 aliphatic heterocycles. The van der Waals surface area contributed by atoms with Crippen molar-refractivity contribution in [3.8, 4) is 0 Å². The molecule has 2 aromatic rings. The second-order valence-electron chi connectivity index (χ2n) is 4.93. The fourth-order valence-corrected chi connectivity index (χ4v) is 2.98. The van der Waals surface area contributed by atoms with E-state index in [1.165, 1.54) is 12.1 Å². The highest BCUT2D eigenvalue weighted by Crippen LogP contribution is 2.16. The van der Waals surface area contributed by atoms with Gasteiger partial charge in [0.1, 0.15) is 0 Å². The minimum atomic E-state index is -3.58. The van der Waals surface area contributed by atoms with E-state index in [2.05, 4.69) is 9.82 Å². The zero-order valence-corrected chi connectivity index (χ0v) is 12.8. The van der Waals surface area contributed by atoms with Gasteiger partial charge >= 0.3 is 0 Å². The fourth-order valence-electron chi connectivity index (χ4n) is 1.91. The van der Waals surface area contributed by atoms with Gasteiger partial charge < -0.3 is 5.11 Å². The number of hydrogen-bond acceptors (Lipinski definition) is 4. The zero-order chi connectivity index (χ0) is 15.5. The van der Waals surface area contributed by atoms with E-state index in [4.69, 9.17) is 0 Å². The minimum Gasteiger partial charge on any atom is -0.389 e. The number of hydrogen-bond donors (Lipinski definition) is 2. The molecule has 6 nitrogen and oxygen atoms in total. The van der Waals surface area contributed by atoms with E-state index in [0.717, 1.165) is 5.56 Å². The number of aliphatic hydroxyl groups excluding tert-OH is 1. The van der Waals surface area contributed by atoms with Crippen LogP contribution in [0.4, 0.5) is 0 Å². The van der Waals surface area contributed by atoms with Gasteiger partial charge in [-0.05, 0) is 37.1 Å². The lowest BCUT2D eigenvalue weighted by Gasteiger charge is -2.10. The maximum absolute atomic E-state index is 12.2. The van der Waals surface area contributed by atoms with E-state index in [9.17, 15) is 13.5 Å². The molecular weight excluding hydrogens is 290 g/mol. The molecule has 0 saturated heterocycles. The summed E-state index contributed by atoms with van der Waals surface area (Å²) in [5, 5.41) is 13.6. The number of rotatable bonds is 6. The first-order valence-corrected chi connectivity index (χ1v) is 8.13. The Balaban J connectivity index is 2.03. The molecule has 0 aliphatic rings. The molecule has 0 amide bonds. The molecule has 0 fully saturated rings. The van der Waals surface area contributed by atoms with Crippen molar-refractivity contribution < 1.29 is 13.5 Å². The predicted molar refractivity (Wildman–Crippen MR) is 79.2 cm³/mol. The number of aromatic nitrogens is 2. The lowest BCUT2D eigenvalue weighted by molar-refractivity contribution is 0.199. The minimum absolute atomic E-state index is 0.151. The molecule has 1 atom stereocenters. The Morgan fingerprint density at radius 2 is 2.19 bits per heavy atom. The van der Waals surface area contributed by atoms with Crippen LogP contribution in [0.2, 0.25) is 0 Å². The topological polar surface area (TPSA) is 84.2 Å². The SMILES string of the molecule is Cc1cnn(CCNS(=O)(=O)c2cccc(C(C)O)c2)c1. The molecule has 0 radical (unpaired) electrons. The van der Waals surface area contributed by atoms with Gasteiger partial charge in [-0.3, -0.25) is 4.68 Å². The van der Waals surface area contributed by atoms with Crippen LogP contribution in [-0.2, 0) is 16.6 Å². The van der Waals surface area contributed by atoms with Crippen LogP contribution in [0.25, 0.3) is 0 Å². The molecule has 0 aliphatic carbocycles. The number of nitrogens with zero attached hydrogens (tertiary/aromatic N) is 2. The van der Waals surface area contributed by atoms with Gasteiger partial charge in [-0.15, -0.1) is 0 Å². The highest BCUT2D eigenvalue weighted by atomic mass is 32.2. The monoisotopic (exact) mass is 309 g/mol. The Bertz CT molecular complexity index is 708. The molecule has 114 valence electrons. The number of benzene rings is 1. The van der Waals surface area contributed by atoms with Crippen molar-refractivity contribution in [1.82, 2.24) is 14.5 Å². The maximum atomic E-state index is 12.2. The first-order chi connectivity index (χ1) is 9.88. The summed E-state index contributed by atoms with van der Waals surface area (Å²) in [5.41, 5.74) is 1.60. The first-order valence-electron chi connectivity index (χ1n) is 6.65. The van der Waals surface area contributed by atoms with Crippen LogP contribution in [0, 0.1) is 6.92 Å². The van der Waals surface area contributed by atoms with E-state index >= 15 is 0 Å². The molecule has 0 spiro atoms. The Morgan fingerprint density at radius 1 is 1.43 bits per heavy atom. The quantitative estimate of drug-likeness (QED) is 0.840. The smallest absolute Gasteiger partial charge is 0.240 e. The second kappa shape index (κ2) is 6.38. The average Bonchev–Trinajstić information content (AvgIpc) is 2.84. The fraction of sp³-hybridized carbons (Fsp3) is 0.357. The highest BCUT2D eigenvalue weighted by molar-refractivity contribution is 7.89. The van der Waals surface area contributed by atoms with Crippen LogP contribution in [0.3, 0.4) is 0 Å². The van der Waals surface area contributed by atoms with E-state index in [0.29, 0.717) is 12.1 Å². The summed E-state index contributed by atoms with van der Waals surface area (Å²) < 4.78 is 28.6. The van der Waals surface area contributed by atoms with Crippen molar-refractivity contribution in [1.29, 1.82) is 0 Å². The molecular formula is C14H19N3O3S. The van der Waals surface area contributed by atoms with Gasteiger partial charge in [0, 0.05) is 12.7 Å². The lowest BCUT2D eigenvalue weighted by Crippen LogP contribution is -2.27. The lowest BCUT2D eigenvalue weighted by atomic mass is 10.1. The van der Waals surface area contributed by atoms with Gasteiger partial charge in [-0.25, -0.2) is 13.1 Å². The van der Waals surface area contributed by atoms with E-state index in [1.807, 2.05) is 13.1 Å². The molecule has 0 bridgehead atoms. The largest absolute Gasteiger partial charge is 0.389 e. The Kier molecular flexibility index (Phi) is 4.76. The van der Waals surface area contributed by atoms with E-state index in [1.54, 1.807) is 29.9 Å². The Morgan fingerprint density at radius 3 is 2.81 bits per heavy atom. The van der Waals surface area contributed by atoms with Crippen molar-refractivity contribution in [3.05, 3.63) is 47.8 Å². The summed E-state index contributed by atoms with van der Waals surface area (Å²) in [6, 6.07) is 6.29. The van der Waals surface area contributed by atoms with E-state index < -0.39 is 16.1 Å².